The highest BCUT2D eigenvalue weighted by Gasteiger charge is 2.29. The highest BCUT2D eigenvalue weighted by Crippen LogP contribution is 2.18. The molecule has 0 bridgehead atoms. The molecule has 1 amide bonds. The molecule has 1 aromatic rings. The van der Waals surface area contributed by atoms with E-state index in [1.165, 1.54) is 0 Å². The van der Waals surface area contributed by atoms with Crippen molar-refractivity contribution in [3.05, 3.63) is 29.8 Å². The summed E-state index contributed by atoms with van der Waals surface area (Å²) in [4.78, 5) is 13.4. The lowest BCUT2D eigenvalue weighted by atomic mass is 10.2. The Hall–Kier alpha value is -1.44. The number of carbonyl (C=O) groups is 1. The number of rotatable bonds is 6. The fourth-order valence-corrected chi connectivity index (χ4v) is 3.96. The quantitative estimate of drug-likeness (QED) is 0.761. The molecule has 4 N–H and O–H groups in total. The van der Waals surface area contributed by atoms with Crippen molar-refractivity contribution in [2.75, 3.05) is 18.8 Å². The summed E-state index contributed by atoms with van der Waals surface area (Å²) in [7, 11) is -3.38. The SMILES string of the molecule is NCc1cccc(S(=O)(=O)CCN2CCCC2C(N)=O)c1. The first-order chi connectivity index (χ1) is 9.94. The maximum atomic E-state index is 12.3. The van der Waals surface area contributed by atoms with Crippen LogP contribution in [-0.2, 0) is 21.2 Å². The summed E-state index contributed by atoms with van der Waals surface area (Å²) >= 11 is 0. The second-order valence-electron chi connectivity index (χ2n) is 5.27. The normalized spacial score (nSPS) is 19.8. The molecule has 1 heterocycles. The van der Waals surface area contributed by atoms with Gasteiger partial charge in [-0.2, -0.15) is 0 Å². The molecule has 1 aromatic carbocycles. The van der Waals surface area contributed by atoms with Gasteiger partial charge in [-0.1, -0.05) is 12.1 Å². The van der Waals surface area contributed by atoms with E-state index in [1.54, 1.807) is 24.3 Å². The Balaban J connectivity index is 2.06. The van der Waals surface area contributed by atoms with Crippen LogP contribution in [0.2, 0.25) is 0 Å². The third kappa shape index (κ3) is 3.81. The van der Waals surface area contributed by atoms with Gasteiger partial charge < -0.3 is 11.5 Å². The van der Waals surface area contributed by atoms with Gasteiger partial charge in [-0.05, 0) is 37.1 Å². The topological polar surface area (TPSA) is 106 Å². The van der Waals surface area contributed by atoms with Gasteiger partial charge in [-0.15, -0.1) is 0 Å². The van der Waals surface area contributed by atoms with E-state index in [0.717, 1.165) is 12.0 Å². The van der Waals surface area contributed by atoms with Crippen LogP contribution < -0.4 is 11.5 Å². The third-order valence-electron chi connectivity index (χ3n) is 3.83. The molecule has 7 heteroatoms. The third-order valence-corrected chi connectivity index (χ3v) is 5.52. The average Bonchev–Trinajstić information content (AvgIpc) is 2.94. The van der Waals surface area contributed by atoms with Gasteiger partial charge in [0, 0.05) is 13.1 Å². The minimum atomic E-state index is -3.38. The summed E-state index contributed by atoms with van der Waals surface area (Å²) in [6.07, 6.45) is 1.58. The van der Waals surface area contributed by atoms with E-state index in [9.17, 15) is 13.2 Å². The van der Waals surface area contributed by atoms with E-state index < -0.39 is 9.84 Å². The van der Waals surface area contributed by atoms with Crippen LogP contribution in [0, 0.1) is 0 Å². The van der Waals surface area contributed by atoms with Gasteiger partial charge in [0.25, 0.3) is 0 Å². The second-order valence-corrected chi connectivity index (χ2v) is 7.38. The number of carbonyl (C=O) groups excluding carboxylic acids is 1. The zero-order chi connectivity index (χ0) is 15.5. The fourth-order valence-electron chi connectivity index (χ4n) is 2.64. The van der Waals surface area contributed by atoms with Crippen molar-refractivity contribution in [1.29, 1.82) is 0 Å². The van der Waals surface area contributed by atoms with Crippen LogP contribution in [0.5, 0.6) is 0 Å². The van der Waals surface area contributed by atoms with Gasteiger partial charge in [0.2, 0.25) is 5.91 Å². The molecule has 1 atom stereocenters. The lowest BCUT2D eigenvalue weighted by Gasteiger charge is -2.21. The molecule has 1 fully saturated rings. The summed E-state index contributed by atoms with van der Waals surface area (Å²) in [5.74, 6) is -0.403. The van der Waals surface area contributed by atoms with Crippen molar-refractivity contribution in [3.8, 4) is 0 Å². The second kappa shape index (κ2) is 6.55. The van der Waals surface area contributed by atoms with E-state index in [4.69, 9.17) is 11.5 Å². The summed E-state index contributed by atoms with van der Waals surface area (Å²) in [6.45, 7) is 1.34. The molecule has 1 saturated heterocycles. The van der Waals surface area contributed by atoms with E-state index in [2.05, 4.69) is 0 Å². The zero-order valence-corrected chi connectivity index (χ0v) is 12.7. The Bertz CT molecular complexity index is 616. The number of nitrogens with zero attached hydrogens (tertiary/aromatic N) is 1. The molecule has 21 heavy (non-hydrogen) atoms. The van der Waals surface area contributed by atoms with Crippen molar-refractivity contribution in [2.24, 2.45) is 11.5 Å². The Morgan fingerprint density at radius 3 is 2.81 bits per heavy atom. The average molecular weight is 311 g/mol. The van der Waals surface area contributed by atoms with Crippen LogP contribution >= 0.6 is 0 Å². The van der Waals surface area contributed by atoms with Gasteiger partial charge in [0.1, 0.15) is 0 Å². The van der Waals surface area contributed by atoms with E-state index in [1.807, 2.05) is 4.90 Å². The van der Waals surface area contributed by atoms with Gasteiger partial charge in [-0.3, -0.25) is 9.69 Å². The van der Waals surface area contributed by atoms with Crippen LogP contribution in [0.3, 0.4) is 0 Å². The number of hydrogen-bond acceptors (Lipinski definition) is 5. The van der Waals surface area contributed by atoms with E-state index in [0.29, 0.717) is 26.1 Å². The molecule has 1 aliphatic rings. The number of primary amides is 1. The van der Waals surface area contributed by atoms with Gasteiger partial charge in [0.05, 0.1) is 16.7 Å². The highest BCUT2D eigenvalue weighted by atomic mass is 32.2. The Kier molecular flexibility index (Phi) is 4.97. The predicted octanol–water partition coefficient (Wildman–Crippen LogP) is -0.131. The first kappa shape index (κ1) is 15.9. The lowest BCUT2D eigenvalue weighted by Crippen LogP contribution is -2.42. The van der Waals surface area contributed by atoms with Crippen LogP contribution in [0.25, 0.3) is 0 Å². The molecule has 0 aliphatic carbocycles. The van der Waals surface area contributed by atoms with Crippen molar-refractivity contribution in [3.63, 3.8) is 0 Å². The molecule has 6 nitrogen and oxygen atoms in total. The van der Waals surface area contributed by atoms with Crippen molar-refractivity contribution in [2.45, 2.75) is 30.3 Å². The number of hydrogen-bond donors (Lipinski definition) is 2. The van der Waals surface area contributed by atoms with E-state index >= 15 is 0 Å². The maximum absolute atomic E-state index is 12.3. The molecule has 0 radical (unpaired) electrons. The van der Waals surface area contributed by atoms with Crippen molar-refractivity contribution >= 4 is 15.7 Å². The van der Waals surface area contributed by atoms with Crippen molar-refractivity contribution in [1.82, 2.24) is 4.90 Å². The van der Waals surface area contributed by atoms with Crippen LogP contribution in [0.1, 0.15) is 18.4 Å². The number of likely N-dealkylation sites (tertiary alicyclic amines) is 1. The number of amides is 1. The first-order valence-electron chi connectivity index (χ1n) is 6.99. The number of nitrogens with two attached hydrogens (primary N) is 2. The highest BCUT2D eigenvalue weighted by molar-refractivity contribution is 7.91. The Labute approximate surface area is 125 Å². The Morgan fingerprint density at radius 1 is 1.38 bits per heavy atom. The molecule has 0 saturated carbocycles. The summed E-state index contributed by atoms with van der Waals surface area (Å²) in [6, 6.07) is 6.32. The molecule has 116 valence electrons. The van der Waals surface area contributed by atoms with Gasteiger partial charge in [0.15, 0.2) is 9.84 Å². The minimum Gasteiger partial charge on any atom is -0.368 e. The largest absolute Gasteiger partial charge is 0.368 e. The molecule has 1 aliphatic heterocycles. The summed E-state index contributed by atoms with van der Waals surface area (Å²) in [5, 5.41) is 0. The predicted molar refractivity (Wildman–Crippen MR) is 80.2 cm³/mol. The van der Waals surface area contributed by atoms with E-state index in [-0.39, 0.29) is 22.6 Å². The fraction of sp³-hybridized carbons (Fsp3) is 0.500. The molecule has 2 rings (SSSR count). The number of benzene rings is 1. The first-order valence-corrected chi connectivity index (χ1v) is 8.64. The van der Waals surface area contributed by atoms with Crippen LogP contribution in [-0.4, -0.2) is 44.1 Å². The zero-order valence-electron chi connectivity index (χ0n) is 11.9. The molecular formula is C14H21N3O3S. The molecule has 1 unspecified atom stereocenters. The minimum absolute atomic E-state index is 0.0230. The number of sulfone groups is 1. The summed E-state index contributed by atoms with van der Waals surface area (Å²) < 4.78 is 24.7. The smallest absolute Gasteiger partial charge is 0.234 e. The van der Waals surface area contributed by atoms with Crippen LogP contribution in [0.15, 0.2) is 29.2 Å². The van der Waals surface area contributed by atoms with Gasteiger partial charge in [-0.25, -0.2) is 8.42 Å². The standard InChI is InChI=1S/C14H21N3O3S/c15-10-11-3-1-4-12(9-11)21(19,20)8-7-17-6-2-5-13(17)14(16)18/h1,3-4,9,13H,2,5-8,10,15H2,(H2,16,18). The maximum Gasteiger partial charge on any atom is 0.234 e. The summed E-state index contributed by atoms with van der Waals surface area (Å²) in [5.41, 5.74) is 11.6. The molecular weight excluding hydrogens is 290 g/mol. The monoisotopic (exact) mass is 311 g/mol. The molecule has 0 aromatic heterocycles. The van der Waals surface area contributed by atoms with Crippen LogP contribution in [0.4, 0.5) is 0 Å². The van der Waals surface area contributed by atoms with Gasteiger partial charge >= 0.3 is 0 Å². The van der Waals surface area contributed by atoms with Crippen molar-refractivity contribution < 1.29 is 13.2 Å². The Morgan fingerprint density at radius 2 is 2.14 bits per heavy atom. The lowest BCUT2D eigenvalue weighted by molar-refractivity contribution is -0.122. The molecule has 0 spiro atoms.